The Bertz CT molecular complexity index is 525. The molecule has 0 spiro atoms. The van der Waals surface area contributed by atoms with Gasteiger partial charge in [0.15, 0.2) is 0 Å². The maximum atomic E-state index is 13.0. The molecular weight excluding hydrogens is 233 g/mol. The van der Waals surface area contributed by atoms with Crippen LogP contribution >= 0.6 is 11.8 Å². The minimum absolute atomic E-state index is 0.188. The molecule has 0 saturated carbocycles. The molecular formula is C14H14FNS. The first kappa shape index (κ1) is 12.0. The first-order valence-electron chi connectivity index (χ1n) is 5.39. The SMILES string of the molecule is Cc1c(N)cccc1SCc1cccc(F)c1. The van der Waals surface area contributed by atoms with Crippen LogP contribution in [-0.4, -0.2) is 0 Å². The second-order valence-corrected chi connectivity index (χ2v) is 4.91. The van der Waals surface area contributed by atoms with Gasteiger partial charge in [-0.2, -0.15) is 0 Å². The van der Waals surface area contributed by atoms with Crippen molar-refractivity contribution in [2.45, 2.75) is 17.6 Å². The van der Waals surface area contributed by atoms with Crippen LogP contribution in [0.2, 0.25) is 0 Å². The van der Waals surface area contributed by atoms with E-state index in [-0.39, 0.29) is 5.82 Å². The van der Waals surface area contributed by atoms with E-state index in [9.17, 15) is 4.39 Å². The van der Waals surface area contributed by atoms with E-state index in [1.54, 1.807) is 23.9 Å². The van der Waals surface area contributed by atoms with Crippen molar-refractivity contribution < 1.29 is 4.39 Å². The van der Waals surface area contributed by atoms with E-state index in [1.807, 2.05) is 31.2 Å². The van der Waals surface area contributed by atoms with Crippen LogP contribution in [0.25, 0.3) is 0 Å². The Hall–Kier alpha value is -1.48. The molecule has 17 heavy (non-hydrogen) atoms. The van der Waals surface area contributed by atoms with Crippen molar-refractivity contribution in [3.8, 4) is 0 Å². The molecule has 2 rings (SSSR count). The van der Waals surface area contributed by atoms with E-state index < -0.39 is 0 Å². The quantitative estimate of drug-likeness (QED) is 0.655. The lowest BCUT2D eigenvalue weighted by atomic mass is 10.2. The molecule has 0 heterocycles. The van der Waals surface area contributed by atoms with E-state index in [0.29, 0.717) is 0 Å². The molecule has 0 aliphatic carbocycles. The monoisotopic (exact) mass is 247 g/mol. The fourth-order valence-electron chi connectivity index (χ4n) is 1.58. The lowest BCUT2D eigenvalue weighted by Crippen LogP contribution is -1.91. The Morgan fingerprint density at radius 3 is 2.71 bits per heavy atom. The Balaban J connectivity index is 2.10. The van der Waals surface area contributed by atoms with Gasteiger partial charge in [0.05, 0.1) is 0 Å². The standard InChI is InChI=1S/C14H14FNS/c1-10-13(16)6-3-7-14(10)17-9-11-4-2-5-12(15)8-11/h2-8H,9,16H2,1H3. The van der Waals surface area contributed by atoms with Gasteiger partial charge in [0.25, 0.3) is 0 Å². The number of rotatable bonds is 3. The van der Waals surface area contributed by atoms with Gasteiger partial charge in [0.2, 0.25) is 0 Å². The average molecular weight is 247 g/mol. The Morgan fingerprint density at radius 2 is 1.94 bits per heavy atom. The molecule has 0 unspecified atom stereocenters. The van der Waals surface area contributed by atoms with Crippen molar-refractivity contribution in [2.24, 2.45) is 0 Å². The highest BCUT2D eigenvalue weighted by Gasteiger charge is 2.03. The summed E-state index contributed by atoms with van der Waals surface area (Å²) in [5, 5.41) is 0. The summed E-state index contributed by atoms with van der Waals surface area (Å²) in [7, 11) is 0. The first-order valence-corrected chi connectivity index (χ1v) is 6.37. The molecule has 1 nitrogen and oxygen atoms in total. The van der Waals surface area contributed by atoms with Crippen LogP contribution in [0.3, 0.4) is 0 Å². The van der Waals surface area contributed by atoms with Crippen LogP contribution in [0.5, 0.6) is 0 Å². The van der Waals surface area contributed by atoms with Gasteiger partial charge < -0.3 is 5.73 Å². The minimum Gasteiger partial charge on any atom is -0.398 e. The van der Waals surface area contributed by atoms with Crippen LogP contribution in [0, 0.1) is 12.7 Å². The first-order chi connectivity index (χ1) is 8.16. The fraction of sp³-hybridized carbons (Fsp3) is 0.143. The summed E-state index contributed by atoms with van der Waals surface area (Å²) in [6.07, 6.45) is 0. The molecule has 0 aliphatic rings. The topological polar surface area (TPSA) is 26.0 Å². The van der Waals surface area contributed by atoms with E-state index in [2.05, 4.69) is 0 Å². The second kappa shape index (κ2) is 5.23. The Kier molecular flexibility index (Phi) is 3.69. The third-order valence-electron chi connectivity index (χ3n) is 2.61. The molecule has 0 saturated heterocycles. The lowest BCUT2D eigenvalue weighted by Gasteiger charge is -2.07. The summed E-state index contributed by atoms with van der Waals surface area (Å²) in [4.78, 5) is 1.15. The lowest BCUT2D eigenvalue weighted by molar-refractivity contribution is 0.626. The molecule has 2 N–H and O–H groups in total. The molecule has 0 bridgehead atoms. The zero-order chi connectivity index (χ0) is 12.3. The van der Waals surface area contributed by atoms with Gasteiger partial charge >= 0.3 is 0 Å². The molecule has 0 fully saturated rings. The molecule has 2 aromatic carbocycles. The van der Waals surface area contributed by atoms with Gasteiger partial charge in [-0.3, -0.25) is 0 Å². The van der Waals surface area contributed by atoms with Gasteiger partial charge in [-0.15, -0.1) is 11.8 Å². The van der Waals surface area contributed by atoms with E-state index in [1.165, 1.54) is 6.07 Å². The van der Waals surface area contributed by atoms with Crippen LogP contribution in [0.1, 0.15) is 11.1 Å². The third-order valence-corrected chi connectivity index (χ3v) is 3.84. The highest BCUT2D eigenvalue weighted by Crippen LogP contribution is 2.28. The van der Waals surface area contributed by atoms with Crippen molar-refractivity contribution in [1.29, 1.82) is 0 Å². The maximum Gasteiger partial charge on any atom is 0.123 e. The number of halogens is 1. The molecule has 0 aromatic heterocycles. The molecule has 3 heteroatoms. The second-order valence-electron chi connectivity index (χ2n) is 3.89. The number of hydrogen-bond acceptors (Lipinski definition) is 2. The van der Waals surface area contributed by atoms with Crippen molar-refractivity contribution in [1.82, 2.24) is 0 Å². The molecule has 2 aromatic rings. The van der Waals surface area contributed by atoms with E-state index in [0.717, 1.165) is 27.5 Å². The van der Waals surface area contributed by atoms with Gasteiger partial charge in [-0.1, -0.05) is 18.2 Å². The van der Waals surface area contributed by atoms with Crippen LogP contribution < -0.4 is 5.73 Å². The van der Waals surface area contributed by atoms with Crippen LogP contribution in [0.4, 0.5) is 10.1 Å². The smallest absolute Gasteiger partial charge is 0.123 e. The number of nitrogens with two attached hydrogens (primary N) is 1. The number of anilines is 1. The number of hydrogen-bond donors (Lipinski definition) is 1. The maximum absolute atomic E-state index is 13.0. The third kappa shape index (κ3) is 3.01. The van der Waals surface area contributed by atoms with Crippen molar-refractivity contribution in [3.05, 3.63) is 59.4 Å². The largest absolute Gasteiger partial charge is 0.398 e. The molecule has 0 radical (unpaired) electrons. The predicted molar refractivity (Wildman–Crippen MR) is 71.6 cm³/mol. The Morgan fingerprint density at radius 1 is 1.18 bits per heavy atom. The molecule has 0 aliphatic heterocycles. The van der Waals surface area contributed by atoms with Gasteiger partial charge in [-0.05, 0) is 42.3 Å². The zero-order valence-corrected chi connectivity index (χ0v) is 10.4. The summed E-state index contributed by atoms with van der Waals surface area (Å²) in [5.74, 6) is 0.564. The summed E-state index contributed by atoms with van der Waals surface area (Å²) < 4.78 is 13.0. The van der Waals surface area contributed by atoms with E-state index in [4.69, 9.17) is 5.73 Å². The molecule has 0 atom stereocenters. The van der Waals surface area contributed by atoms with Crippen molar-refractivity contribution >= 4 is 17.4 Å². The number of benzene rings is 2. The van der Waals surface area contributed by atoms with Gasteiger partial charge in [0, 0.05) is 16.3 Å². The summed E-state index contributed by atoms with van der Waals surface area (Å²) in [5.41, 5.74) is 8.72. The van der Waals surface area contributed by atoms with Crippen molar-refractivity contribution in [3.63, 3.8) is 0 Å². The predicted octanol–water partition coefficient (Wildman–Crippen LogP) is 4.01. The van der Waals surface area contributed by atoms with Crippen molar-refractivity contribution in [2.75, 3.05) is 5.73 Å². The fourth-order valence-corrected chi connectivity index (χ4v) is 2.59. The highest BCUT2D eigenvalue weighted by molar-refractivity contribution is 7.98. The van der Waals surface area contributed by atoms with Crippen LogP contribution in [-0.2, 0) is 5.75 Å². The molecule has 88 valence electrons. The minimum atomic E-state index is -0.188. The number of thioether (sulfide) groups is 1. The summed E-state index contributed by atoms with van der Waals surface area (Å²) >= 11 is 1.68. The molecule has 0 amide bonds. The summed E-state index contributed by atoms with van der Waals surface area (Å²) in [6, 6.07) is 12.6. The average Bonchev–Trinajstić information content (AvgIpc) is 2.31. The van der Waals surface area contributed by atoms with Crippen LogP contribution in [0.15, 0.2) is 47.4 Å². The number of nitrogen functional groups attached to an aromatic ring is 1. The Labute approximate surface area is 105 Å². The summed E-state index contributed by atoms with van der Waals surface area (Å²) in [6.45, 7) is 2.00. The van der Waals surface area contributed by atoms with E-state index >= 15 is 0 Å². The van der Waals surface area contributed by atoms with Gasteiger partial charge in [-0.25, -0.2) is 4.39 Å². The highest BCUT2D eigenvalue weighted by atomic mass is 32.2. The van der Waals surface area contributed by atoms with Gasteiger partial charge in [0.1, 0.15) is 5.82 Å². The normalized spacial score (nSPS) is 10.5. The zero-order valence-electron chi connectivity index (χ0n) is 9.61.